The highest BCUT2D eigenvalue weighted by Gasteiger charge is 2.20. The molecular formula is C18H25N3O3. The number of benzene rings is 1. The van der Waals surface area contributed by atoms with Gasteiger partial charge in [0.2, 0.25) is 11.8 Å². The van der Waals surface area contributed by atoms with E-state index in [4.69, 9.17) is 0 Å². The molecule has 0 bridgehead atoms. The Kier molecular flexibility index (Phi) is 6.35. The lowest BCUT2D eigenvalue weighted by molar-refractivity contribution is -0.127. The molecule has 0 aliphatic carbocycles. The summed E-state index contributed by atoms with van der Waals surface area (Å²) in [5.41, 5.74) is 1.54. The molecule has 0 spiro atoms. The minimum Gasteiger partial charge on any atom is -0.354 e. The van der Waals surface area contributed by atoms with Gasteiger partial charge < -0.3 is 15.5 Å². The van der Waals surface area contributed by atoms with Crippen LogP contribution in [0.3, 0.4) is 0 Å². The molecule has 1 aliphatic rings. The molecule has 3 amide bonds. The third kappa shape index (κ3) is 5.08. The number of nitrogens with one attached hydrogen (secondary N) is 2. The summed E-state index contributed by atoms with van der Waals surface area (Å²) < 4.78 is 0. The summed E-state index contributed by atoms with van der Waals surface area (Å²) in [7, 11) is 0. The van der Waals surface area contributed by atoms with Crippen molar-refractivity contribution in [2.45, 2.75) is 39.2 Å². The van der Waals surface area contributed by atoms with Crippen molar-refractivity contribution in [1.82, 2.24) is 15.5 Å². The van der Waals surface area contributed by atoms with Crippen LogP contribution in [0.2, 0.25) is 0 Å². The normalized spacial score (nSPS) is 15.2. The first kappa shape index (κ1) is 18.0. The van der Waals surface area contributed by atoms with Gasteiger partial charge in [0, 0.05) is 31.6 Å². The first-order valence-electron chi connectivity index (χ1n) is 8.40. The molecule has 2 rings (SSSR count). The molecule has 1 aromatic carbocycles. The number of nitrogens with zero attached hydrogens (tertiary/aromatic N) is 1. The zero-order valence-corrected chi connectivity index (χ0v) is 14.3. The quantitative estimate of drug-likeness (QED) is 0.738. The van der Waals surface area contributed by atoms with Crippen molar-refractivity contribution in [2.75, 3.05) is 19.6 Å². The number of carbonyl (C=O) groups excluding carboxylic acids is 3. The first-order valence-corrected chi connectivity index (χ1v) is 8.40. The number of likely N-dealkylation sites (tertiary alicyclic amines) is 1. The van der Waals surface area contributed by atoms with Crippen LogP contribution >= 0.6 is 0 Å². The smallest absolute Gasteiger partial charge is 0.251 e. The molecule has 6 nitrogen and oxygen atoms in total. The molecule has 1 fully saturated rings. The van der Waals surface area contributed by atoms with Gasteiger partial charge in [-0.15, -0.1) is 0 Å². The van der Waals surface area contributed by atoms with E-state index < -0.39 is 6.04 Å². The lowest BCUT2D eigenvalue weighted by atomic mass is 10.1. The number of hydrogen-bond acceptors (Lipinski definition) is 3. The number of aryl methyl sites for hydroxylation is 1. The molecule has 6 heteroatoms. The number of amides is 3. The average Bonchev–Trinajstić information content (AvgIpc) is 2.96. The van der Waals surface area contributed by atoms with E-state index in [-0.39, 0.29) is 17.7 Å². The topological polar surface area (TPSA) is 78.5 Å². The van der Waals surface area contributed by atoms with Crippen molar-refractivity contribution in [3.8, 4) is 0 Å². The zero-order chi connectivity index (χ0) is 17.5. The van der Waals surface area contributed by atoms with E-state index in [1.165, 1.54) is 0 Å². The van der Waals surface area contributed by atoms with Gasteiger partial charge in [-0.2, -0.15) is 0 Å². The van der Waals surface area contributed by atoms with Gasteiger partial charge in [0.1, 0.15) is 6.04 Å². The van der Waals surface area contributed by atoms with Gasteiger partial charge in [-0.3, -0.25) is 14.4 Å². The molecule has 0 radical (unpaired) electrons. The Hall–Kier alpha value is -2.37. The van der Waals surface area contributed by atoms with E-state index in [1.807, 2.05) is 24.0 Å². The van der Waals surface area contributed by atoms with Crippen LogP contribution in [0.15, 0.2) is 24.3 Å². The van der Waals surface area contributed by atoms with Crippen molar-refractivity contribution in [3.63, 3.8) is 0 Å². The molecule has 24 heavy (non-hydrogen) atoms. The number of rotatable bonds is 7. The summed E-state index contributed by atoms with van der Waals surface area (Å²) in [5, 5.41) is 5.49. The maximum Gasteiger partial charge on any atom is 0.251 e. The predicted molar refractivity (Wildman–Crippen MR) is 91.5 cm³/mol. The molecule has 0 saturated carbocycles. The van der Waals surface area contributed by atoms with Crippen LogP contribution in [0.4, 0.5) is 0 Å². The maximum atomic E-state index is 12.1. The van der Waals surface area contributed by atoms with E-state index >= 15 is 0 Å². The molecular weight excluding hydrogens is 306 g/mol. The van der Waals surface area contributed by atoms with Crippen molar-refractivity contribution in [1.29, 1.82) is 0 Å². The summed E-state index contributed by atoms with van der Waals surface area (Å²) in [6, 6.07) is 6.63. The Morgan fingerprint density at radius 1 is 1.33 bits per heavy atom. The summed E-state index contributed by atoms with van der Waals surface area (Å²) in [6.45, 7) is 5.55. The molecule has 0 aromatic heterocycles. The van der Waals surface area contributed by atoms with Crippen LogP contribution in [-0.4, -0.2) is 48.3 Å². The van der Waals surface area contributed by atoms with Crippen LogP contribution in [0.5, 0.6) is 0 Å². The van der Waals surface area contributed by atoms with Crippen LogP contribution in [0.25, 0.3) is 0 Å². The lowest BCUT2D eigenvalue weighted by Gasteiger charge is -2.17. The SMILES string of the molecule is Cc1cccc(C(=O)NC(C)C(=O)NCCCN2CCCC2=O)c1. The number of hydrogen-bond donors (Lipinski definition) is 2. The molecule has 1 unspecified atom stereocenters. The third-order valence-electron chi connectivity index (χ3n) is 4.10. The van der Waals surface area contributed by atoms with Crippen LogP contribution in [0.1, 0.15) is 42.1 Å². The molecule has 1 atom stereocenters. The minimum atomic E-state index is -0.605. The first-order chi connectivity index (χ1) is 11.5. The Balaban J connectivity index is 1.70. The summed E-state index contributed by atoms with van der Waals surface area (Å²) in [6.07, 6.45) is 2.28. The highest BCUT2D eigenvalue weighted by Crippen LogP contribution is 2.09. The largest absolute Gasteiger partial charge is 0.354 e. The van der Waals surface area contributed by atoms with Crippen molar-refractivity contribution in [3.05, 3.63) is 35.4 Å². The van der Waals surface area contributed by atoms with Crippen LogP contribution in [-0.2, 0) is 9.59 Å². The standard InChI is InChI=1S/C18H25N3O3/c1-13-6-3-7-15(12-13)18(24)20-14(2)17(23)19-9-5-11-21-10-4-8-16(21)22/h3,6-7,12,14H,4-5,8-11H2,1-2H3,(H,19,23)(H,20,24). The van der Waals surface area contributed by atoms with Gasteiger partial charge in [-0.25, -0.2) is 0 Å². The fourth-order valence-electron chi connectivity index (χ4n) is 2.71. The maximum absolute atomic E-state index is 12.1. The summed E-state index contributed by atoms with van der Waals surface area (Å²) >= 11 is 0. The van der Waals surface area contributed by atoms with Crippen LogP contribution in [0, 0.1) is 6.92 Å². The molecule has 1 aliphatic heterocycles. The second-order valence-corrected chi connectivity index (χ2v) is 6.19. The van der Waals surface area contributed by atoms with Crippen molar-refractivity contribution >= 4 is 17.7 Å². The lowest BCUT2D eigenvalue weighted by Crippen LogP contribution is -2.45. The molecule has 1 aromatic rings. The molecule has 2 N–H and O–H groups in total. The summed E-state index contributed by atoms with van der Waals surface area (Å²) in [5.74, 6) is -0.284. The Morgan fingerprint density at radius 2 is 2.12 bits per heavy atom. The monoisotopic (exact) mass is 331 g/mol. The van der Waals surface area contributed by atoms with Crippen molar-refractivity contribution in [2.24, 2.45) is 0 Å². The minimum absolute atomic E-state index is 0.195. The third-order valence-corrected chi connectivity index (χ3v) is 4.10. The average molecular weight is 331 g/mol. The zero-order valence-electron chi connectivity index (χ0n) is 14.3. The van der Waals surface area contributed by atoms with Gasteiger partial charge in [0.25, 0.3) is 5.91 Å². The molecule has 1 saturated heterocycles. The van der Waals surface area contributed by atoms with Crippen molar-refractivity contribution < 1.29 is 14.4 Å². The van der Waals surface area contributed by atoms with E-state index in [0.717, 1.165) is 24.9 Å². The fraction of sp³-hybridized carbons (Fsp3) is 0.500. The molecule has 130 valence electrons. The van der Waals surface area contributed by atoms with E-state index in [2.05, 4.69) is 10.6 Å². The highest BCUT2D eigenvalue weighted by atomic mass is 16.2. The van der Waals surface area contributed by atoms with E-state index in [1.54, 1.807) is 19.1 Å². The second-order valence-electron chi connectivity index (χ2n) is 6.19. The number of carbonyl (C=O) groups is 3. The second kappa shape index (κ2) is 8.47. The Labute approximate surface area is 142 Å². The summed E-state index contributed by atoms with van der Waals surface area (Å²) in [4.78, 5) is 37.5. The fourth-order valence-corrected chi connectivity index (χ4v) is 2.71. The van der Waals surface area contributed by atoms with E-state index in [0.29, 0.717) is 25.1 Å². The Bertz CT molecular complexity index is 615. The highest BCUT2D eigenvalue weighted by molar-refractivity contribution is 5.97. The van der Waals surface area contributed by atoms with Crippen LogP contribution < -0.4 is 10.6 Å². The van der Waals surface area contributed by atoms with Gasteiger partial charge in [-0.1, -0.05) is 17.7 Å². The molecule has 1 heterocycles. The predicted octanol–water partition coefficient (Wildman–Crippen LogP) is 1.24. The Morgan fingerprint density at radius 3 is 2.79 bits per heavy atom. The van der Waals surface area contributed by atoms with E-state index in [9.17, 15) is 14.4 Å². The van der Waals surface area contributed by atoms with Gasteiger partial charge in [-0.05, 0) is 38.8 Å². The van der Waals surface area contributed by atoms with Gasteiger partial charge in [0.05, 0.1) is 0 Å². The van der Waals surface area contributed by atoms with Gasteiger partial charge in [0.15, 0.2) is 0 Å². The van der Waals surface area contributed by atoms with Gasteiger partial charge >= 0.3 is 0 Å².